The van der Waals surface area contributed by atoms with Crippen LogP contribution in [0.3, 0.4) is 0 Å². The van der Waals surface area contributed by atoms with Gasteiger partial charge in [-0.2, -0.15) is 0 Å². The molecule has 0 aromatic carbocycles. The molecule has 2 unspecified atom stereocenters. The molecule has 0 aromatic heterocycles. The van der Waals surface area contributed by atoms with Crippen LogP contribution >= 0.6 is 0 Å². The molecule has 0 aliphatic rings. The van der Waals surface area contributed by atoms with Crippen LogP contribution in [0.4, 0.5) is 0 Å². The highest BCUT2D eigenvalue weighted by Gasteiger charge is 2.38. The topological polar surface area (TPSA) is 36.7 Å². The van der Waals surface area contributed by atoms with Crippen molar-refractivity contribution in [3.63, 3.8) is 0 Å². The summed E-state index contributed by atoms with van der Waals surface area (Å²) in [5.41, 5.74) is -1.15. The monoisotopic (exact) mass is 201 g/mol. The molecule has 84 valence electrons. The van der Waals surface area contributed by atoms with E-state index >= 15 is 0 Å². The van der Waals surface area contributed by atoms with Gasteiger partial charge in [0.1, 0.15) is 0 Å². The molecule has 0 rings (SSSR count). The molecule has 0 radical (unpaired) electrons. The summed E-state index contributed by atoms with van der Waals surface area (Å²) >= 11 is 0. The van der Waals surface area contributed by atoms with Crippen LogP contribution in [-0.2, 0) is 4.74 Å². The summed E-state index contributed by atoms with van der Waals surface area (Å²) in [6, 6.07) is 0. The van der Waals surface area contributed by atoms with Crippen LogP contribution in [0.1, 0.15) is 40.5 Å². The van der Waals surface area contributed by atoms with E-state index in [0.29, 0.717) is 0 Å². The Morgan fingerprint density at radius 3 is 2.00 bits per heavy atom. The van der Waals surface area contributed by atoms with Gasteiger partial charge in [-0.15, -0.1) is 0 Å². The molecule has 0 heterocycles. The maximum Gasteiger partial charge on any atom is 0.218 e. The zero-order chi connectivity index (χ0) is 11.4. The predicted molar refractivity (Wildman–Crippen MR) is 58.9 cm³/mol. The van der Waals surface area contributed by atoms with Gasteiger partial charge in [0.2, 0.25) is 5.72 Å². The van der Waals surface area contributed by atoms with Crippen LogP contribution in [0, 0.1) is 5.21 Å². The van der Waals surface area contributed by atoms with Gasteiger partial charge in [0.15, 0.2) is 0 Å². The van der Waals surface area contributed by atoms with Crippen molar-refractivity contribution < 1.29 is 9.80 Å². The van der Waals surface area contributed by atoms with Gasteiger partial charge in [-0.25, -0.2) is 0 Å². The number of ether oxygens (including phenoxy) is 1. The molecule has 0 aromatic rings. The summed E-state index contributed by atoms with van der Waals surface area (Å²) in [6.45, 7) is 11.5. The van der Waals surface area contributed by atoms with Gasteiger partial charge in [-0.1, -0.05) is 20.4 Å². The van der Waals surface area contributed by atoms with Crippen LogP contribution < -0.4 is 5.06 Å². The maximum absolute atomic E-state index is 12.2. The summed E-state index contributed by atoms with van der Waals surface area (Å²) in [7, 11) is 1.55. The van der Waals surface area contributed by atoms with E-state index in [1.165, 1.54) is 0 Å². The lowest BCUT2D eigenvalue weighted by molar-refractivity contribution is -0.969. The van der Waals surface area contributed by atoms with E-state index in [9.17, 15) is 5.21 Å². The molecule has 0 aliphatic heterocycles. The zero-order valence-corrected chi connectivity index (χ0v) is 10.0. The van der Waals surface area contributed by atoms with Crippen LogP contribution in [0.2, 0.25) is 0 Å². The van der Waals surface area contributed by atoms with Crippen LogP contribution in [0.15, 0.2) is 12.7 Å². The summed E-state index contributed by atoms with van der Waals surface area (Å²) in [5.74, 6) is 0. The minimum atomic E-state index is -0.846. The van der Waals surface area contributed by atoms with Crippen LogP contribution in [0.5, 0.6) is 0 Å². The molecule has 0 bridgehead atoms. The largest absolute Gasteiger partial charge is 0.632 e. The number of hydrogen-bond donors (Lipinski definition) is 1. The van der Waals surface area contributed by atoms with Crippen molar-refractivity contribution in [3.05, 3.63) is 17.9 Å². The third-order valence-electron chi connectivity index (χ3n) is 3.37. The third kappa shape index (κ3) is 2.35. The fourth-order valence-electron chi connectivity index (χ4n) is 1.44. The molecule has 2 atom stereocenters. The third-order valence-corrected chi connectivity index (χ3v) is 3.37. The Kier molecular flexibility index (Phi) is 4.78. The van der Waals surface area contributed by atoms with Gasteiger partial charge in [0.05, 0.1) is 5.54 Å². The highest BCUT2D eigenvalue weighted by molar-refractivity contribution is 4.86. The number of nitrogens with one attached hydrogen (secondary N) is 1. The molecule has 1 N–H and O–H groups in total. The Labute approximate surface area is 87.3 Å². The van der Waals surface area contributed by atoms with E-state index in [1.54, 1.807) is 20.1 Å². The number of rotatable bonds is 6. The minimum Gasteiger partial charge on any atom is -0.632 e. The summed E-state index contributed by atoms with van der Waals surface area (Å²) < 4.78 is 5.23. The summed E-state index contributed by atoms with van der Waals surface area (Å²) in [5, 5.41) is 12.3. The van der Waals surface area contributed by atoms with Gasteiger partial charge in [-0.05, 0) is 25.8 Å². The van der Waals surface area contributed by atoms with Crippen molar-refractivity contribution in [1.82, 2.24) is 0 Å². The lowest BCUT2D eigenvalue weighted by atomic mass is 9.93. The van der Waals surface area contributed by atoms with E-state index in [2.05, 4.69) is 6.58 Å². The van der Waals surface area contributed by atoms with Crippen molar-refractivity contribution in [1.29, 1.82) is 0 Å². The first kappa shape index (κ1) is 13.6. The Balaban J connectivity index is 4.89. The fraction of sp³-hybridized carbons (Fsp3) is 0.818. The number of methoxy groups -OCH3 is 1. The normalized spacial score (nSPS) is 18.7. The molecular weight excluding hydrogens is 178 g/mol. The predicted octanol–water partition coefficient (Wildman–Crippen LogP) is 1.50. The highest BCUT2D eigenvalue weighted by atomic mass is 16.6. The van der Waals surface area contributed by atoms with E-state index in [-0.39, 0.29) is 10.6 Å². The number of hydroxylamine groups is 2. The second-order valence-corrected chi connectivity index (χ2v) is 4.11. The number of quaternary nitrogens is 1. The molecule has 0 saturated carbocycles. The molecule has 3 nitrogen and oxygen atoms in total. The van der Waals surface area contributed by atoms with Crippen molar-refractivity contribution in [3.8, 4) is 0 Å². The van der Waals surface area contributed by atoms with Crippen molar-refractivity contribution in [2.24, 2.45) is 0 Å². The Hall–Kier alpha value is -0.380. The first-order valence-corrected chi connectivity index (χ1v) is 5.13. The highest BCUT2D eigenvalue weighted by Crippen LogP contribution is 2.13. The van der Waals surface area contributed by atoms with E-state index < -0.39 is 5.72 Å². The lowest BCUT2D eigenvalue weighted by Crippen LogP contribution is -3.22. The first-order chi connectivity index (χ1) is 6.40. The second kappa shape index (κ2) is 4.91. The van der Waals surface area contributed by atoms with E-state index in [1.807, 2.05) is 20.8 Å². The minimum absolute atomic E-state index is 0.118. The van der Waals surface area contributed by atoms with Crippen LogP contribution in [0.25, 0.3) is 0 Å². The summed E-state index contributed by atoms with van der Waals surface area (Å²) in [4.78, 5) is 0. The molecule has 0 saturated heterocycles. The van der Waals surface area contributed by atoms with Gasteiger partial charge in [0, 0.05) is 14.0 Å². The fourth-order valence-corrected chi connectivity index (χ4v) is 1.44. The Morgan fingerprint density at radius 2 is 1.79 bits per heavy atom. The van der Waals surface area contributed by atoms with Gasteiger partial charge >= 0.3 is 0 Å². The quantitative estimate of drug-likeness (QED) is 0.401. The van der Waals surface area contributed by atoms with Crippen molar-refractivity contribution >= 4 is 0 Å². The van der Waals surface area contributed by atoms with E-state index in [0.717, 1.165) is 12.8 Å². The molecule has 14 heavy (non-hydrogen) atoms. The molecule has 0 amide bonds. The zero-order valence-electron chi connectivity index (χ0n) is 10.0. The van der Waals surface area contributed by atoms with Crippen molar-refractivity contribution in [2.45, 2.75) is 51.8 Å². The maximum atomic E-state index is 12.2. The molecule has 0 aliphatic carbocycles. The van der Waals surface area contributed by atoms with E-state index in [4.69, 9.17) is 4.74 Å². The lowest BCUT2D eigenvalue weighted by Gasteiger charge is -2.48. The smallest absolute Gasteiger partial charge is 0.218 e. The number of hydrogen-bond acceptors (Lipinski definition) is 2. The Morgan fingerprint density at radius 1 is 1.36 bits per heavy atom. The van der Waals surface area contributed by atoms with Crippen LogP contribution in [-0.4, -0.2) is 18.4 Å². The second-order valence-electron chi connectivity index (χ2n) is 4.11. The molecule has 3 heteroatoms. The average Bonchev–Trinajstić information content (AvgIpc) is 2.25. The SMILES string of the molecule is C=CC(C)(OC)[NH+]([O-])C(C)(CC)CC. The average molecular weight is 201 g/mol. The Bertz CT molecular complexity index is 190. The molecular formula is C11H23NO2. The van der Waals surface area contributed by atoms with Crippen molar-refractivity contribution in [2.75, 3.05) is 7.11 Å². The van der Waals surface area contributed by atoms with Gasteiger partial charge < -0.3 is 15.0 Å². The first-order valence-electron chi connectivity index (χ1n) is 5.13. The molecule has 0 spiro atoms. The summed E-state index contributed by atoms with van der Waals surface area (Å²) in [6.07, 6.45) is 3.24. The molecule has 0 fully saturated rings. The van der Waals surface area contributed by atoms with Gasteiger partial charge in [0.25, 0.3) is 0 Å². The van der Waals surface area contributed by atoms with Gasteiger partial charge in [-0.3, -0.25) is 0 Å². The standard InChI is InChI=1S/C11H23NO2/c1-7-10(4,8-2)12(13)11(5,9-3)14-6/h9,12H,3,7-8H2,1-2,4-6H3.